The highest BCUT2D eigenvalue weighted by Crippen LogP contribution is 2.26. The van der Waals surface area contributed by atoms with Crippen LogP contribution in [0.2, 0.25) is 0 Å². The number of anilines is 1. The highest BCUT2D eigenvalue weighted by Gasteiger charge is 2.07. The van der Waals surface area contributed by atoms with Crippen LogP contribution in [-0.4, -0.2) is 26.5 Å². The average molecular weight is 447 g/mol. The Balaban J connectivity index is 1.25. The summed E-state index contributed by atoms with van der Waals surface area (Å²) in [5.74, 6) is 3.25. The van der Waals surface area contributed by atoms with Gasteiger partial charge in [-0.2, -0.15) is 11.8 Å². The number of aromatic nitrogens is 3. The van der Waals surface area contributed by atoms with Gasteiger partial charge in [-0.3, -0.25) is 15.0 Å². The quantitative estimate of drug-likeness (QED) is 0.226. The number of thioether (sulfide) groups is 2. The highest BCUT2D eigenvalue weighted by molar-refractivity contribution is 7.99. The van der Waals surface area contributed by atoms with Crippen LogP contribution < -0.4 is 5.32 Å². The number of rotatable bonds is 10. The first-order chi connectivity index (χ1) is 15.3. The van der Waals surface area contributed by atoms with Crippen LogP contribution >= 0.6 is 23.5 Å². The maximum absolute atomic E-state index is 4.60. The van der Waals surface area contributed by atoms with Gasteiger partial charge in [0, 0.05) is 28.4 Å². The smallest absolute Gasteiger partial charge is 0.0703 e. The Morgan fingerprint density at radius 3 is 2.71 bits per heavy atom. The summed E-state index contributed by atoms with van der Waals surface area (Å²) < 4.78 is 0. The molecule has 0 bridgehead atoms. The predicted molar refractivity (Wildman–Crippen MR) is 134 cm³/mol. The zero-order valence-corrected chi connectivity index (χ0v) is 19.3. The molecular formula is C25H26N4S2. The molecule has 1 N–H and O–H groups in total. The van der Waals surface area contributed by atoms with Gasteiger partial charge in [-0.05, 0) is 60.7 Å². The first kappa shape index (κ1) is 21.7. The fourth-order valence-electron chi connectivity index (χ4n) is 3.25. The van der Waals surface area contributed by atoms with E-state index in [1.807, 2.05) is 72.4 Å². The Kier molecular flexibility index (Phi) is 7.80. The van der Waals surface area contributed by atoms with E-state index in [0.717, 1.165) is 45.2 Å². The van der Waals surface area contributed by atoms with Crippen molar-refractivity contribution in [2.75, 3.05) is 16.8 Å². The van der Waals surface area contributed by atoms with Crippen molar-refractivity contribution in [2.24, 2.45) is 0 Å². The van der Waals surface area contributed by atoms with E-state index >= 15 is 0 Å². The fraction of sp³-hybridized carbons (Fsp3) is 0.240. The molecule has 0 amide bonds. The van der Waals surface area contributed by atoms with Crippen LogP contribution in [-0.2, 0) is 12.3 Å². The number of nitrogens with zero attached hydrogens (tertiary/aromatic N) is 3. The summed E-state index contributed by atoms with van der Waals surface area (Å²) in [6.07, 6.45) is 6.85. The van der Waals surface area contributed by atoms with Crippen LogP contribution in [0.5, 0.6) is 0 Å². The second kappa shape index (κ2) is 11.2. The molecule has 0 spiro atoms. The number of pyridine rings is 3. The molecule has 0 unspecified atom stereocenters. The van der Waals surface area contributed by atoms with Crippen molar-refractivity contribution in [3.63, 3.8) is 0 Å². The van der Waals surface area contributed by atoms with E-state index in [9.17, 15) is 0 Å². The number of hydrogen-bond acceptors (Lipinski definition) is 6. The summed E-state index contributed by atoms with van der Waals surface area (Å²) in [5, 5.41) is 4.62. The largest absolute Gasteiger partial charge is 0.378 e. The van der Waals surface area contributed by atoms with Crippen molar-refractivity contribution in [3.8, 4) is 0 Å². The van der Waals surface area contributed by atoms with Crippen LogP contribution in [0.15, 0.2) is 78.1 Å². The Morgan fingerprint density at radius 1 is 0.903 bits per heavy atom. The molecule has 1 aromatic carbocycles. The number of para-hydroxylation sites is 1. The maximum atomic E-state index is 4.60. The molecule has 31 heavy (non-hydrogen) atoms. The molecule has 0 aliphatic heterocycles. The van der Waals surface area contributed by atoms with Gasteiger partial charge in [-0.15, -0.1) is 11.8 Å². The van der Waals surface area contributed by atoms with Gasteiger partial charge >= 0.3 is 0 Å². The summed E-state index contributed by atoms with van der Waals surface area (Å²) in [7, 11) is 0. The summed E-state index contributed by atoms with van der Waals surface area (Å²) in [4.78, 5) is 14.8. The summed E-state index contributed by atoms with van der Waals surface area (Å²) in [5.41, 5.74) is 5.53. The molecule has 6 heteroatoms. The third kappa shape index (κ3) is 6.21. The molecule has 0 radical (unpaired) electrons. The molecule has 0 atom stereocenters. The monoisotopic (exact) mass is 446 g/mol. The normalized spacial score (nSPS) is 11.0. The molecule has 0 saturated heterocycles. The molecular weight excluding hydrogens is 420 g/mol. The Labute approximate surface area is 192 Å². The van der Waals surface area contributed by atoms with Gasteiger partial charge in [0.15, 0.2) is 0 Å². The van der Waals surface area contributed by atoms with E-state index in [1.165, 1.54) is 16.9 Å². The van der Waals surface area contributed by atoms with Crippen molar-refractivity contribution in [1.82, 2.24) is 15.0 Å². The van der Waals surface area contributed by atoms with E-state index in [4.69, 9.17) is 0 Å². The molecule has 0 aliphatic rings. The van der Waals surface area contributed by atoms with Gasteiger partial charge in [0.05, 0.1) is 35.3 Å². The topological polar surface area (TPSA) is 50.7 Å². The van der Waals surface area contributed by atoms with Gasteiger partial charge in [0.2, 0.25) is 0 Å². The molecule has 0 fully saturated rings. The van der Waals surface area contributed by atoms with Crippen molar-refractivity contribution >= 4 is 40.1 Å². The van der Waals surface area contributed by atoms with Crippen molar-refractivity contribution in [2.45, 2.75) is 30.5 Å². The summed E-state index contributed by atoms with van der Waals surface area (Å²) in [6, 6.07) is 18.5. The minimum Gasteiger partial charge on any atom is -0.378 e. The number of hydrogen-bond donors (Lipinski definition) is 1. The van der Waals surface area contributed by atoms with Crippen molar-refractivity contribution in [1.29, 1.82) is 0 Å². The van der Waals surface area contributed by atoms with E-state index in [2.05, 4.69) is 51.5 Å². The minimum atomic E-state index is 0.695. The lowest BCUT2D eigenvalue weighted by atomic mass is 10.2. The predicted octanol–water partition coefficient (Wildman–Crippen LogP) is 6.36. The molecule has 158 valence electrons. The van der Waals surface area contributed by atoms with Crippen molar-refractivity contribution < 1.29 is 0 Å². The lowest BCUT2D eigenvalue weighted by Crippen LogP contribution is -2.05. The van der Waals surface area contributed by atoms with Crippen LogP contribution in [0.3, 0.4) is 0 Å². The zero-order chi connectivity index (χ0) is 21.3. The number of nitrogens with one attached hydrogen (secondary N) is 1. The minimum absolute atomic E-state index is 0.695. The molecule has 0 aliphatic carbocycles. The molecule has 4 aromatic rings. The van der Waals surface area contributed by atoms with Gasteiger partial charge in [-0.1, -0.05) is 24.3 Å². The Bertz CT molecular complexity index is 1120. The summed E-state index contributed by atoms with van der Waals surface area (Å²) >= 11 is 3.87. The van der Waals surface area contributed by atoms with Gasteiger partial charge in [-0.25, -0.2) is 0 Å². The van der Waals surface area contributed by atoms with Crippen molar-refractivity contribution in [3.05, 3.63) is 90.1 Å². The molecule has 4 rings (SSSR count). The third-order valence-corrected chi connectivity index (χ3v) is 7.30. The fourth-order valence-corrected chi connectivity index (χ4v) is 5.31. The van der Waals surface area contributed by atoms with Gasteiger partial charge in [0.1, 0.15) is 0 Å². The second-order valence-corrected chi connectivity index (χ2v) is 9.47. The molecule has 3 aromatic heterocycles. The van der Waals surface area contributed by atoms with Gasteiger partial charge in [0.25, 0.3) is 0 Å². The van der Waals surface area contributed by atoms with E-state index in [1.54, 1.807) is 0 Å². The van der Waals surface area contributed by atoms with Crippen LogP contribution in [0, 0.1) is 6.92 Å². The molecule has 4 nitrogen and oxygen atoms in total. The van der Waals surface area contributed by atoms with E-state index in [0.29, 0.717) is 6.54 Å². The van der Waals surface area contributed by atoms with Gasteiger partial charge < -0.3 is 5.32 Å². The van der Waals surface area contributed by atoms with E-state index < -0.39 is 0 Å². The molecule has 0 saturated carbocycles. The first-order valence-corrected chi connectivity index (χ1v) is 12.6. The van der Waals surface area contributed by atoms with Crippen LogP contribution in [0.4, 0.5) is 5.69 Å². The highest BCUT2D eigenvalue weighted by atomic mass is 32.2. The Morgan fingerprint density at radius 2 is 1.81 bits per heavy atom. The Hall–Kier alpha value is -2.57. The second-order valence-electron chi connectivity index (χ2n) is 7.23. The van der Waals surface area contributed by atoms with Crippen LogP contribution in [0.25, 0.3) is 10.9 Å². The standard InChI is InChI=1S/C25H26N4S2/c1-19-24(17-28-22-15-20-7-2-3-9-23(20)29-16-22)27-12-10-25(19)31-14-6-13-30-18-21-8-4-5-11-26-21/h2-5,7-12,15-16,28H,6,13-14,17-18H2,1H3. The number of benzene rings is 1. The molecule has 3 heterocycles. The first-order valence-electron chi connectivity index (χ1n) is 10.4. The van der Waals surface area contributed by atoms with Crippen LogP contribution in [0.1, 0.15) is 23.4 Å². The SMILES string of the molecule is Cc1c(SCCCSCc2ccccn2)ccnc1CNc1cnc2ccccc2c1. The maximum Gasteiger partial charge on any atom is 0.0703 e. The third-order valence-electron chi connectivity index (χ3n) is 4.98. The summed E-state index contributed by atoms with van der Waals surface area (Å²) in [6.45, 7) is 2.86. The van der Waals surface area contributed by atoms with E-state index in [-0.39, 0.29) is 0 Å². The lowest BCUT2D eigenvalue weighted by molar-refractivity contribution is 0.988. The number of fused-ring (bicyclic) bond motifs is 1. The lowest BCUT2D eigenvalue weighted by Gasteiger charge is -2.12. The zero-order valence-electron chi connectivity index (χ0n) is 17.6. The average Bonchev–Trinajstić information content (AvgIpc) is 2.82.